The fourth-order valence-electron chi connectivity index (χ4n) is 2.41. The second-order valence-electron chi connectivity index (χ2n) is 4.91. The van der Waals surface area contributed by atoms with Crippen molar-refractivity contribution in [3.05, 3.63) is 29.8 Å². The lowest BCUT2D eigenvalue weighted by atomic mass is 10.2. The van der Waals surface area contributed by atoms with Gasteiger partial charge in [0.05, 0.1) is 24.3 Å². The second kappa shape index (κ2) is 6.40. The Labute approximate surface area is 118 Å². The summed E-state index contributed by atoms with van der Waals surface area (Å²) in [7, 11) is 0. The normalized spacial score (nSPS) is 19.4. The van der Waals surface area contributed by atoms with E-state index in [1.807, 2.05) is 6.07 Å². The van der Waals surface area contributed by atoms with Crippen LogP contribution < -0.4 is 4.74 Å². The van der Waals surface area contributed by atoms with Gasteiger partial charge in [0.25, 0.3) is 5.91 Å². The molecule has 1 aliphatic heterocycles. The average Bonchev–Trinajstić information content (AvgIpc) is 2.95. The molecule has 1 fully saturated rings. The molecule has 1 amide bonds. The molecular weight excluding hydrogens is 256 g/mol. The summed E-state index contributed by atoms with van der Waals surface area (Å²) in [6.07, 6.45) is 1.15. The molecule has 2 unspecified atom stereocenters. The van der Waals surface area contributed by atoms with E-state index < -0.39 is 6.10 Å². The van der Waals surface area contributed by atoms with Gasteiger partial charge in [-0.1, -0.05) is 0 Å². The number of nitriles is 1. The standard InChI is InChI=1S/C15H18N2O3/c1-11(15(19)17-8-2-3-13(17)10-18)20-14-6-4-12(9-16)5-7-14/h4-7,11,13,18H,2-3,8,10H2,1H3. The monoisotopic (exact) mass is 274 g/mol. The third kappa shape index (κ3) is 3.09. The van der Waals surface area contributed by atoms with Crippen LogP contribution in [0, 0.1) is 11.3 Å². The van der Waals surface area contributed by atoms with Crippen molar-refractivity contribution in [3.63, 3.8) is 0 Å². The van der Waals surface area contributed by atoms with E-state index in [9.17, 15) is 9.90 Å². The van der Waals surface area contributed by atoms with Gasteiger partial charge in [-0.05, 0) is 44.0 Å². The van der Waals surface area contributed by atoms with E-state index in [1.165, 1.54) is 0 Å². The molecule has 0 saturated carbocycles. The van der Waals surface area contributed by atoms with Crippen molar-refractivity contribution in [2.24, 2.45) is 0 Å². The Morgan fingerprint density at radius 1 is 1.55 bits per heavy atom. The Kier molecular flexibility index (Phi) is 4.59. The number of rotatable bonds is 4. The number of aliphatic hydroxyl groups is 1. The number of benzene rings is 1. The van der Waals surface area contributed by atoms with Gasteiger partial charge in [0.15, 0.2) is 6.10 Å². The van der Waals surface area contributed by atoms with Gasteiger partial charge in [-0.3, -0.25) is 4.79 Å². The molecule has 0 spiro atoms. The van der Waals surface area contributed by atoms with E-state index in [-0.39, 0.29) is 18.6 Å². The topological polar surface area (TPSA) is 73.6 Å². The van der Waals surface area contributed by atoms with Crippen LogP contribution in [0.2, 0.25) is 0 Å². The number of likely N-dealkylation sites (tertiary alicyclic amines) is 1. The zero-order valence-corrected chi connectivity index (χ0v) is 11.5. The van der Waals surface area contributed by atoms with Crippen molar-refractivity contribution >= 4 is 5.91 Å². The summed E-state index contributed by atoms with van der Waals surface area (Å²) in [4.78, 5) is 14.0. The molecular formula is C15H18N2O3. The number of hydrogen-bond acceptors (Lipinski definition) is 4. The van der Waals surface area contributed by atoms with Crippen LogP contribution in [0.5, 0.6) is 5.75 Å². The van der Waals surface area contributed by atoms with Gasteiger partial charge < -0.3 is 14.7 Å². The first-order valence-electron chi connectivity index (χ1n) is 6.74. The van der Waals surface area contributed by atoms with E-state index in [2.05, 4.69) is 0 Å². The summed E-state index contributed by atoms with van der Waals surface area (Å²) in [6.45, 7) is 2.37. The highest BCUT2D eigenvalue weighted by Crippen LogP contribution is 2.20. The number of amides is 1. The van der Waals surface area contributed by atoms with Crippen LogP contribution in [0.4, 0.5) is 0 Å². The first-order chi connectivity index (χ1) is 9.65. The molecule has 1 N–H and O–H groups in total. The fourth-order valence-corrected chi connectivity index (χ4v) is 2.41. The van der Waals surface area contributed by atoms with E-state index >= 15 is 0 Å². The lowest BCUT2D eigenvalue weighted by molar-refractivity contribution is -0.139. The van der Waals surface area contributed by atoms with Gasteiger partial charge in [0.1, 0.15) is 5.75 Å². The summed E-state index contributed by atoms with van der Waals surface area (Å²) >= 11 is 0. The molecule has 0 aliphatic carbocycles. The number of carbonyl (C=O) groups is 1. The van der Waals surface area contributed by atoms with Crippen molar-refractivity contribution in [2.75, 3.05) is 13.2 Å². The first kappa shape index (κ1) is 14.4. The summed E-state index contributed by atoms with van der Waals surface area (Å²) < 4.78 is 5.60. The number of carbonyl (C=O) groups excluding carboxylic acids is 1. The van der Waals surface area contributed by atoms with E-state index in [1.54, 1.807) is 36.1 Å². The molecule has 0 aromatic heterocycles. The van der Waals surface area contributed by atoms with Crippen molar-refractivity contribution in [3.8, 4) is 11.8 Å². The molecule has 2 atom stereocenters. The third-order valence-electron chi connectivity index (χ3n) is 3.52. The van der Waals surface area contributed by atoms with Crippen LogP contribution in [-0.2, 0) is 4.79 Å². The molecule has 1 aromatic carbocycles. The van der Waals surface area contributed by atoms with Crippen LogP contribution in [0.25, 0.3) is 0 Å². The highest BCUT2D eigenvalue weighted by molar-refractivity contribution is 5.81. The van der Waals surface area contributed by atoms with E-state index in [0.29, 0.717) is 17.9 Å². The summed E-state index contributed by atoms with van der Waals surface area (Å²) in [5, 5.41) is 18.0. The number of ether oxygens (including phenoxy) is 1. The summed E-state index contributed by atoms with van der Waals surface area (Å²) in [6, 6.07) is 8.60. The first-order valence-corrected chi connectivity index (χ1v) is 6.74. The van der Waals surface area contributed by atoms with Crippen molar-refractivity contribution in [1.82, 2.24) is 4.90 Å². The Morgan fingerprint density at radius 3 is 2.85 bits per heavy atom. The zero-order valence-electron chi connectivity index (χ0n) is 11.5. The second-order valence-corrected chi connectivity index (χ2v) is 4.91. The van der Waals surface area contributed by atoms with Crippen molar-refractivity contribution < 1.29 is 14.6 Å². The lowest BCUT2D eigenvalue weighted by Crippen LogP contribution is -2.44. The number of aliphatic hydroxyl groups excluding tert-OH is 1. The Bertz CT molecular complexity index is 507. The molecule has 1 aromatic rings. The lowest BCUT2D eigenvalue weighted by Gasteiger charge is -2.26. The van der Waals surface area contributed by atoms with E-state index in [0.717, 1.165) is 12.8 Å². The Balaban J connectivity index is 1.98. The molecule has 0 bridgehead atoms. The van der Waals surface area contributed by atoms with Crippen LogP contribution >= 0.6 is 0 Å². The van der Waals surface area contributed by atoms with Crippen LogP contribution in [0.15, 0.2) is 24.3 Å². The molecule has 20 heavy (non-hydrogen) atoms. The molecule has 5 nitrogen and oxygen atoms in total. The minimum absolute atomic E-state index is 0.00464. The molecule has 106 valence electrons. The zero-order chi connectivity index (χ0) is 14.5. The van der Waals surface area contributed by atoms with Gasteiger partial charge in [-0.25, -0.2) is 0 Å². The molecule has 0 radical (unpaired) electrons. The predicted octanol–water partition coefficient (Wildman–Crippen LogP) is 1.31. The quantitative estimate of drug-likeness (QED) is 0.898. The van der Waals surface area contributed by atoms with Gasteiger partial charge in [0, 0.05) is 6.54 Å². The third-order valence-corrected chi connectivity index (χ3v) is 3.52. The fraction of sp³-hybridized carbons (Fsp3) is 0.467. The molecule has 2 rings (SSSR count). The minimum atomic E-state index is -0.602. The van der Waals surface area contributed by atoms with Crippen LogP contribution in [0.3, 0.4) is 0 Å². The number of hydrogen-bond donors (Lipinski definition) is 1. The summed E-state index contributed by atoms with van der Waals surface area (Å²) in [5.41, 5.74) is 0.552. The molecule has 5 heteroatoms. The van der Waals surface area contributed by atoms with Crippen LogP contribution in [-0.4, -0.2) is 41.2 Å². The highest BCUT2D eigenvalue weighted by Gasteiger charge is 2.31. The van der Waals surface area contributed by atoms with Crippen molar-refractivity contribution in [1.29, 1.82) is 5.26 Å². The van der Waals surface area contributed by atoms with Crippen LogP contribution in [0.1, 0.15) is 25.3 Å². The highest BCUT2D eigenvalue weighted by atomic mass is 16.5. The number of nitrogens with zero attached hydrogens (tertiary/aromatic N) is 2. The van der Waals surface area contributed by atoms with Gasteiger partial charge >= 0.3 is 0 Å². The Hall–Kier alpha value is -2.06. The smallest absolute Gasteiger partial charge is 0.263 e. The summed E-state index contributed by atoms with van der Waals surface area (Å²) in [5.74, 6) is 0.454. The largest absolute Gasteiger partial charge is 0.481 e. The maximum atomic E-state index is 12.3. The predicted molar refractivity (Wildman–Crippen MR) is 73.1 cm³/mol. The molecule has 1 heterocycles. The van der Waals surface area contributed by atoms with Gasteiger partial charge in [-0.2, -0.15) is 5.26 Å². The maximum Gasteiger partial charge on any atom is 0.263 e. The van der Waals surface area contributed by atoms with Gasteiger partial charge in [-0.15, -0.1) is 0 Å². The van der Waals surface area contributed by atoms with E-state index in [4.69, 9.17) is 10.00 Å². The Morgan fingerprint density at radius 2 is 2.25 bits per heavy atom. The maximum absolute atomic E-state index is 12.3. The SMILES string of the molecule is CC(Oc1ccc(C#N)cc1)C(=O)N1CCCC1CO. The average molecular weight is 274 g/mol. The minimum Gasteiger partial charge on any atom is -0.481 e. The molecule has 1 saturated heterocycles. The van der Waals surface area contributed by atoms with Gasteiger partial charge in [0.2, 0.25) is 0 Å². The molecule has 1 aliphatic rings. The van der Waals surface area contributed by atoms with Crippen molar-refractivity contribution in [2.45, 2.75) is 31.9 Å².